The average Bonchev–Trinajstić information content (AvgIpc) is 2.25. The fraction of sp³-hybridized carbons (Fsp3) is 0.273. The molecule has 1 aromatic heterocycles. The Kier molecular flexibility index (Phi) is 2.87. The number of nitrogens with zero attached hydrogens (tertiary/aromatic N) is 2. The van der Waals surface area contributed by atoms with Gasteiger partial charge in [0.1, 0.15) is 11.4 Å². The molecule has 1 heterocycles. The third kappa shape index (κ3) is 1.90. The molecule has 1 atom stereocenters. The minimum absolute atomic E-state index is 0.190. The van der Waals surface area contributed by atoms with Crippen LogP contribution in [0.15, 0.2) is 24.3 Å². The van der Waals surface area contributed by atoms with Gasteiger partial charge in [0.15, 0.2) is 5.52 Å². The number of para-hydroxylation sites is 1. The summed E-state index contributed by atoms with van der Waals surface area (Å²) in [7, 11) is -1.06. The monoisotopic (exact) mass is 236 g/mol. The zero-order chi connectivity index (χ0) is 11.7. The van der Waals surface area contributed by atoms with Crippen molar-refractivity contribution in [3.8, 4) is 0 Å². The van der Waals surface area contributed by atoms with Crippen molar-refractivity contribution in [2.24, 2.45) is 0 Å². The topological polar surface area (TPSA) is 56.9 Å². The maximum Gasteiger partial charge on any atom is 0.314 e. The lowest BCUT2D eigenvalue weighted by atomic mass is 10.2. The van der Waals surface area contributed by atoms with E-state index < -0.39 is 10.8 Å². The van der Waals surface area contributed by atoms with E-state index in [-0.39, 0.29) is 5.75 Å². The summed E-state index contributed by atoms with van der Waals surface area (Å²) in [5, 5.41) is 12.7. The molecule has 0 amide bonds. The van der Waals surface area contributed by atoms with Gasteiger partial charge in [0.25, 0.3) is 0 Å². The van der Waals surface area contributed by atoms with Crippen molar-refractivity contribution < 1.29 is 8.94 Å². The van der Waals surface area contributed by atoms with Crippen LogP contribution < -0.4 is 4.73 Å². The van der Waals surface area contributed by atoms with Gasteiger partial charge in [0.05, 0.1) is 5.39 Å². The molecule has 2 rings (SSSR count). The highest BCUT2D eigenvalue weighted by Gasteiger charge is 2.15. The van der Waals surface area contributed by atoms with Gasteiger partial charge in [0.2, 0.25) is 0 Å². The highest BCUT2D eigenvalue weighted by Crippen LogP contribution is 2.13. The summed E-state index contributed by atoms with van der Waals surface area (Å²) in [6, 6.07) is 7.45. The van der Waals surface area contributed by atoms with E-state index in [0.717, 1.165) is 15.6 Å². The standard InChI is InChI=1S/C11H12N2O2S/c1-8-9-5-3-4-6-10(9)12-11(13(8)14)7-16(2)15/h3-6H,7H2,1-2H3. The first-order chi connectivity index (χ1) is 7.59. The van der Waals surface area contributed by atoms with Gasteiger partial charge in [0, 0.05) is 17.1 Å². The molecule has 84 valence electrons. The Bertz CT molecular complexity index is 569. The Morgan fingerprint density at radius 1 is 1.44 bits per heavy atom. The SMILES string of the molecule is Cc1c2ccccc2nc(CS(C)=O)[n+]1[O-]. The number of aryl methyl sites for hydroxylation is 1. The van der Waals surface area contributed by atoms with Crippen molar-refractivity contribution in [3.05, 3.63) is 41.0 Å². The summed E-state index contributed by atoms with van der Waals surface area (Å²) in [4.78, 5) is 4.23. The molecule has 4 nitrogen and oxygen atoms in total. The first-order valence-corrected chi connectivity index (χ1v) is 6.60. The summed E-state index contributed by atoms with van der Waals surface area (Å²) >= 11 is 0. The zero-order valence-corrected chi connectivity index (χ0v) is 9.95. The minimum Gasteiger partial charge on any atom is -0.711 e. The molecule has 2 aromatic rings. The van der Waals surface area contributed by atoms with E-state index >= 15 is 0 Å². The van der Waals surface area contributed by atoms with Gasteiger partial charge in [-0.05, 0) is 24.0 Å². The number of hydrogen-bond acceptors (Lipinski definition) is 3. The summed E-state index contributed by atoms with van der Waals surface area (Å²) < 4.78 is 11.9. The number of fused-ring (bicyclic) bond motifs is 1. The van der Waals surface area contributed by atoms with Crippen LogP contribution in [0.1, 0.15) is 11.5 Å². The predicted octanol–water partition coefficient (Wildman–Crippen LogP) is 1.06. The second-order valence-electron chi connectivity index (χ2n) is 3.64. The molecule has 0 spiro atoms. The molecule has 1 aromatic carbocycles. The van der Waals surface area contributed by atoms with E-state index in [2.05, 4.69) is 4.98 Å². The summed E-state index contributed by atoms with van der Waals surface area (Å²) in [5.41, 5.74) is 1.37. The largest absolute Gasteiger partial charge is 0.711 e. The van der Waals surface area contributed by atoms with Crippen molar-refractivity contribution in [2.45, 2.75) is 12.7 Å². The van der Waals surface area contributed by atoms with Crippen LogP contribution in [0, 0.1) is 12.1 Å². The van der Waals surface area contributed by atoms with Gasteiger partial charge in [-0.3, -0.25) is 4.21 Å². The Labute approximate surface area is 96.0 Å². The van der Waals surface area contributed by atoms with E-state index in [9.17, 15) is 9.42 Å². The molecule has 16 heavy (non-hydrogen) atoms. The molecular formula is C11H12N2O2S. The second-order valence-corrected chi connectivity index (χ2v) is 5.08. The molecule has 5 heteroatoms. The van der Waals surface area contributed by atoms with E-state index in [0.29, 0.717) is 11.5 Å². The summed E-state index contributed by atoms with van der Waals surface area (Å²) in [6.45, 7) is 1.75. The van der Waals surface area contributed by atoms with Crippen LogP contribution in [0.25, 0.3) is 10.9 Å². The highest BCUT2D eigenvalue weighted by molar-refractivity contribution is 7.83. The number of benzene rings is 1. The van der Waals surface area contributed by atoms with Gasteiger partial charge in [-0.15, -0.1) is 0 Å². The lowest BCUT2D eigenvalue weighted by Crippen LogP contribution is -2.37. The maximum atomic E-state index is 11.8. The molecule has 0 aliphatic carbocycles. The van der Waals surface area contributed by atoms with Gasteiger partial charge in [-0.2, -0.15) is 0 Å². The van der Waals surface area contributed by atoms with Crippen LogP contribution >= 0.6 is 0 Å². The Morgan fingerprint density at radius 2 is 2.12 bits per heavy atom. The molecule has 0 radical (unpaired) electrons. The van der Waals surface area contributed by atoms with Crippen LogP contribution in [0.5, 0.6) is 0 Å². The van der Waals surface area contributed by atoms with Crippen LogP contribution in [0.3, 0.4) is 0 Å². The predicted molar refractivity (Wildman–Crippen MR) is 63.2 cm³/mol. The van der Waals surface area contributed by atoms with Crippen molar-refractivity contribution in [1.29, 1.82) is 0 Å². The molecule has 0 aliphatic heterocycles. The molecule has 0 N–H and O–H groups in total. The average molecular weight is 236 g/mol. The molecule has 0 saturated carbocycles. The van der Waals surface area contributed by atoms with Crippen molar-refractivity contribution in [2.75, 3.05) is 6.26 Å². The minimum atomic E-state index is -1.06. The third-order valence-electron chi connectivity index (χ3n) is 2.41. The fourth-order valence-electron chi connectivity index (χ4n) is 1.64. The van der Waals surface area contributed by atoms with Crippen molar-refractivity contribution in [3.63, 3.8) is 0 Å². The first kappa shape index (κ1) is 11.0. The Balaban J connectivity index is 2.68. The molecular weight excluding hydrogens is 224 g/mol. The Morgan fingerprint density at radius 3 is 2.81 bits per heavy atom. The lowest BCUT2D eigenvalue weighted by molar-refractivity contribution is -0.621. The number of rotatable bonds is 2. The van der Waals surface area contributed by atoms with Crippen LogP contribution in [0.2, 0.25) is 0 Å². The lowest BCUT2D eigenvalue weighted by Gasteiger charge is -2.10. The van der Waals surface area contributed by atoms with E-state index in [1.165, 1.54) is 0 Å². The third-order valence-corrected chi connectivity index (χ3v) is 3.08. The molecule has 0 bridgehead atoms. The normalized spacial score (nSPS) is 12.9. The molecule has 0 fully saturated rings. The van der Waals surface area contributed by atoms with Crippen molar-refractivity contribution in [1.82, 2.24) is 4.98 Å². The van der Waals surface area contributed by atoms with Crippen LogP contribution in [0.4, 0.5) is 0 Å². The van der Waals surface area contributed by atoms with E-state index in [4.69, 9.17) is 0 Å². The van der Waals surface area contributed by atoms with Gasteiger partial charge in [-0.25, -0.2) is 4.73 Å². The molecule has 1 unspecified atom stereocenters. The Hall–Kier alpha value is -1.49. The maximum absolute atomic E-state index is 11.8. The van der Waals surface area contributed by atoms with E-state index in [1.807, 2.05) is 24.3 Å². The van der Waals surface area contributed by atoms with Gasteiger partial charge < -0.3 is 5.21 Å². The summed E-state index contributed by atoms with van der Waals surface area (Å²) in [5.74, 6) is 0.506. The second kappa shape index (κ2) is 4.17. The quantitative estimate of drug-likeness (QED) is 0.578. The first-order valence-electron chi connectivity index (χ1n) is 4.87. The van der Waals surface area contributed by atoms with Crippen molar-refractivity contribution >= 4 is 21.7 Å². The summed E-state index contributed by atoms with van der Waals surface area (Å²) in [6.07, 6.45) is 1.56. The van der Waals surface area contributed by atoms with Gasteiger partial charge in [-0.1, -0.05) is 12.1 Å². The number of hydrogen-bond donors (Lipinski definition) is 0. The number of aromatic nitrogens is 2. The fourth-order valence-corrected chi connectivity index (χ4v) is 2.18. The smallest absolute Gasteiger partial charge is 0.314 e. The molecule has 0 aliphatic rings. The molecule has 0 saturated heterocycles. The highest BCUT2D eigenvalue weighted by atomic mass is 32.2. The van der Waals surface area contributed by atoms with Gasteiger partial charge >= 0.3 is 5.82 Å². The van der Waals surface area contributed by atoms with E-state index in [1.54, 1.807) is 13.2 Å². The zero-order valence-electron chi connectivity index (χ0n) is 9.14. The van der Waals surface area contributed by atoms with Crippen LogP contribution in [-0.2, 0) is 16.6 Å². The van der Waals surface area contributed by atoms with Crippen LogP contribution in [-0.4, -0.2) is 15.4 Å².